The molecule has 0 aliphatic heterocycles. The van der Waals surface area contributed by atoms with Gasteiger partial charge in [-0.3, -0.25) is 0 Å². The molecule has 5 heteroatoms. The van der Waals surface area contributed by atoms with Gasteiger partial charge < -0.3 is 4.84 Å². The van der Waals surface area contributed by atoms with Gasteiger partial charge in [-0.15, -0.1) is 5.10 Å². The van der Waals surface area contributed by atoms with Gasteiger partial charge in [0.15, 0.2) is 0 Å². The lowest BCUT2D eigenvalue weighted by molar-refractivity contribution is 0.0973. The van der Waals surface area contributed by atoms with Crippen LogP contribution >= 0.6 is 0 Å². The van der Waals surface area contributed by atoms with Crippen LogP contribution in [-0.4, -0.2) is 29.8 Å². The maximum Gasteiger partial charge on any atom is 0.130 e. The van der Waals surface area contributed by atoms with Crippen LogP contribution in [0.3, 0.4) is 0 Å². The standard InChI is InChI=1S/C11H17N3OSi/c1-16(2,3)9-8-15-14-11-7-5-4-6-10(11)12-13-14/h4-7H,8-9H2,1-3H3. The molecule has 1 heterocycles. The van der Waals surface area contributed by atoms with Gasteiger partial charge in [0.1, 0.15) is 17.6 Å². The zero-order valence-corrected chi connectivity index (χ0v) is 11.0. The Bertz CT molecular complexity index is 475. The molecule has 0 saturated carbocycles. The number of fused-ring (bicyclic) bond motifs is 1. The van der Waals surface area contributed by atoms with Gasteiger partial charge in [-0.25, -0.2) is 0 Å². The Morgan fingerprint density at radius 1 is 1.25 bits per heavy atom. The van der Waals surface area contributed by atoms with Gasteiger partial charge in [-0.2, -0.15) is 0 Å². The first-order valence-electron chi connectivity index (χ1n) is 5.50. The van der Waals surface area contributed by atoms with E-state index in [1.165, 1.54) is 4.85 Å². The molecular weight excluding hydrogens is 218 g/mol. The number of hydrogen-bond donors (Lipinski definition) is 0. The van der Waals surface area contributed by atoms with E-state index in [2.05, 4.69) is 30.0 Å². The molecule has 0 saturated heterocycles. The molecule has 2 aromatic rings. The van der Waals surface area contributed by atoms with Crippen molar-refractivity contribution >= 4 is 19.1 Å². The summed E-state index contributed by atoms with van der Waals surface area (Å²) in [4.78, 5) is 7.14. The highest BCUT2D eigenvalue weighted by atomic mass is 28.3. The van der Waals surface area contributed by atoms with E-state index in [1.807, 2.05) is 24.3 Å². The van der Waals surface area contributed by atoms with Crippen molar-refractivity contribution in [1.82, 2.24) is 15.2 Å². The smallest absolute Gasteiger partial charge is 0.130 e. The minimum atomic E-state index is -1.04. The zero-order chi connectivity index (χ0) is 11.6. The molecule has 2 rings (SSSR count). The summed E-state index contributed by atoms with van der Waals surface area (Å²) in [6.07, 6.45) is 0. The molecule has 86 valence electrons. The zero-order valence-electron chi connectivity index (χ0n) is 9.97. The van der Waals surface area contributed by atoms with Crippen LogP contribution < -0.4 is 4.84 Å². The molecule has 0 bridgehead atoms. The quantitative estimate of drug-likeness (QED) is 0.763. The van der Waals surface area contributed by atoms with Crippen LogP contribution in [0.5, 0.6) is 0 Å². The lowest BCUT2D eigenvalue weighted by Gasteiger charge is -2.15. The van der Waals surface area contributed by atoms with Crippen LogP contribution in [0.4, 0.5) is 0 Å². The van der Waals surface area contributed by atoms with Gasteiger partial charge in [-0.05, 0) is 23.4 Å². The number of nitrogens with zero attached hydrogens (tertiary/aromatic N) is 3. The fourth-order valence-electron chi connectivity index (χ4n) is 1.38. The highest BCUT2D eigenvalue weighted by molar-refractivity contribution is 6.76. The summed E-state index contributed by atoms with van der Waals surface area (Å²) in [6.45, 7) is 7.70. The van der Waals surface area contributed by atoms with E-state index in [0.29, 0.717) is 6.61 Å². The van der Waals surface area contributed by atoms with E-state index in [1.54, 1.807) is 0 Å². The van der Waals surface area contributed by atoms with Crippen LogP contribution in [0.15, 0.2) is 24.3 Å². The topological polar surface area (TPSA) is 39.9 Å². The third-order valence-electron chi connectivity index (χ3n) is 2.39. The predicted molar refractivity (Wildman–Crippen MR) is 67.1 cm³/mol. The van der Waals surface area contributed by atoms with Crippen molar-refractivity contribution in [2.24, 2.45) is 0 Å². The molecule has 0 amide bonds. The molecule has 1 aromatic carbocycles. The van der Waals surface area contributed by atoms with Crippen molar-refractivity contribution in [3.63, 3.8) is 0 Å². The summed E-state index contributed by atoms with van der Waals surface area (Å²) in [5.74, 6) is 0. The van der Waals surface area contributed by atoms with Gasteiger partial charge in [0.25, 0.3) is 0 Å². The highest BCUT2D eigenvalue weighted by Gasteiger charge is 2.13. The number of para-hydroxylation sites is 1. The summed E-state index contributed by atoms with van der Waals surface area (Å²) in [5.41, 5.74) is 1.80. The van der Waals surface area contributed by atoms with Gasteiger partial charge >= 0.3 is 0 Å². The van der Waals surface area contributed by atoms with Gasteiger partial charge in [0.2, 0.25) is 0 Å². The maximum atomic E-state index is 5.61. The Morgan fingerprint density at radius 2 is 2.00 bits per heavy atom. The summed E-state index contributed by atoms with van der Waals surface area (Å²) in [6, 6.07) is 8.93. The first-order chi connectivity index (χ1) is 7.56. The number of aromatic nitrogens is 3. The fraction of sp³-hybridized carbons (Fsp3) is 0.455. The van der Waals surface area contributed by atoms with Crippen molar-refractivity contribution in [2.45, 2.75) is 25.7 Å². The molecule has 1 aromatic heterocycles. The first kappa shape index (κ1) is 11.1. The van der Waals surface area contributed by atoms with Crippen molar-refractivity contribution in [3.05, 3.63) is 24.3 Å². The second-order valence-electron chi connectivity index (χ2n) is 5.09. The molecule has 0 atom stereocenters. The normalized spacial score (nSPS) is 11.9. The Kier molecular flexibility index (Phi) is 2.96. The van der Waals surface area contributed by atoms with E-state index < -0.39 is 8.07 Å². The van der Waals surface area contributed by atoms with Crippen molar-refractivity contribution in [3.8, 4) is 0 Å². The predicted octanol–water partition coefficient (Wildman–Crippen LogP) is 2.20. The molecule has 16 heavy (non-hydrogen) atoms. The molecule has 0 fully saturated rings. The molecule has 0 aliphatic rings. The van der Waals surface area contributed by atoms with Crippen LogP contribution in [0.1, 0.15) is 0 Å². The molecule has 0 aliphatic carbocycles. The van der Waals surface area contributed by atoms with Crippen molar-refractivity contribution in [2.75, 3.05) is 6.61 Å². The lowest BCUT2D eigenvalue weighted by Crippen LogP contribution is -2.25. The first-order valence-corrected chi connectivity index (χ1v) is 9.21. The Hall–Kier alpha value is -1.36. The van der Waals surface area contributed by atoms with Crippen LogP contribution in [0.25, 0.3) is 11.0 Å². The van der Waals surface area contributed by atoms with Crippen LogP contribution in [0.2, 0.25) is 25.7 Å². The average Bonchev–Trinajstić information content (AvgIpc) is 2.60. The maximum absolute atomic E-state index is 5.61. The molecule has 0 N–H and O–H groups in total. The Labute approximate surface area is 96.2 Å². The third kappa shape index (κ3) is 2.60. The SMILES string of the molecule is C[Si](C)(C)CCOn1nnc2ccccc21. The van der Waals surface area contributed by atoms with Crippen molar-refractivity contribution in [1.29, 1.82) is 0 Å². The van der Waals surface area contributed by atoms with Crippen molar-refractivity contribution < 1.29 is 4.84 Å². The summed E-state index contributed by atoms with van der Waals surface area (Å²) >= 11 is 0. The molecule has 0 unspecified atom stereocenters. The monoisotopic (exact) mass is 235 g/mol. The molecule has 0 radical (unpaired) electrons. The second-order valence-corrected chi connectivity index (χ2v) is 10.7. The average molecular weight is 235 g/mol. The van der Waals surface area contributed by atoms with E-state index in [0.717, 1.165) is 17.1 Å². The van der Waals surface area contributed by atoms with E-state index >= 15 is 0 Å². The minimum Gasteiger partial charge on any atom is -0.395 e. The largest absolute Gasteiger partial charge is 0.395 e. The number of rotatable bonds is 4. The minimum absolute atomic E-state index is 0.711. The van der Waals surface area contributed by atoms with Gasteiger partial charge in [0, 0.05) is 8.07 Å². The molecule has 4 nitrogen and oxygen atoms in total. The lowest BCUT2D eigenvalue weighted by atomic mass is 10.3. The summed E-state index contributed by atoms with van der Waals surface area (Å²) < 4.78 is 0. The van der Waals surface area contributed by atoms with Crippen LogP contribution in [-0.2, 0) is 0 Å². The number of benzene rings is 1. The summed E-state index contributed by atoms with van der Waals surface area (Å²) in [5, 5.41) is 8.01. The fourth-order valence-corrected chi connectivity index (χ4v) is 2.08. The Morgan fingerprint density at radius 3 is 2.75 bits per heavy atom. The molecule has 0 spiro atoms. The van der Waals surface area contributed by atoms with Crippen LogP contribution in [0, 0.1) is 0 Å². The third-order valence-corrected chi connectivity index (χ3v) is 4.09. The van der Waals surface area contributed by atoms with E-state index in [-0.39, 0.29) is 0 Å². The van der Waals surface area contributed by atoms with Gasteiger partial charge in [-0.1, -0.05) is 36.6 Å². The summed E-state index contributed by atoms with van der Waals surface area (Å²) in [7, 11) is -1.04. The van der Waals surface area contributed by atoms with E-state index in [9.17, 15) is 0 Å². The van der Waals surface area contributed by atoms with E-state index in [4.69, 9.17) is 4.84 Å². The van der Waals surface area contributed by atoms with Gasteiger partial charge in [0.05, 0.1) is 0 Å². The molecular formula is C11H17N3OSi. The Balaban J connectivity index is 2.05. The highest BCUT2D eigenvalue weighted by Crippen LogP contribution is 2.10. The number of hydrogen-bond acceptors (Lipinski definition) is 3. The second kappa shape index (κ2) is 4.25.